The van der Waals surface area contributed by atoms with Gasteiger partial charge in [-0.2, -0.15) is 0 Å². The van der Waals surface area contributed by atoms with Gasteiger partial charge in [0.2, 0.25) is 0 Å². The van der Waals surface area contributed by atoms with Crippen LogP contribution in [0.5, 0.6) is 0 Å². The number of carbonyl (C=O) groups is 1. The molecule has 0 atom stereocenters. The molecule has 0 saturated heterocycles. The van der Waals surface area contributed by atoms with Crippen LogP contribution in [0.15, 0.2) is 0 Å². The van der Waals surface area contributed by atoms with Gasteiger partial charge in [0.1, 0.15) is 5.60 Å². The number of rotatable bonds is 7. The minimum atomic E-state index is -0.910. The molecule has 0 aliphatic carbocycles. The van der Waals surface area contributed by atoms with Gasteiger partial charge in [-0.05, 0) is 53.9 Å². The third kappa shape index (κ3) is 8.16. The lowest BCUT2D eigenvalue weighted by atomic mass is 10.1. The lowest BCUT2D eigenvalue weighted by Crippen LogP contribution is -2.41. The lowest BCUT2D eigenvalue weighted by molar-refractivity contribution is -0.179. The molecule has 4 nitrogen and oxygen atoms in total. The minimum Gasteiger partial charge on any atom is -0.458 e. The Morgan fingerprint density at radius 2 is 1.65 bits per heavy atom. The van der Waals surface area contributed by atoms with Gasteiger partial charge in [0.05, 0.1) is 0 Å². The average Bonchev–Trinajstić information content (AvgIpc) is 2.14. The van der Waals surface area contributed by atoms with E-state index in [9.17, 15) is 4.79 Å². The molecule has 0 spiro atoms. The van der Waals surface area contributed by atoms with Crippen molar-refractivity contribution in [3.63, 3.8) is 0 Å². The van der Waals surface area contributed by atoms with Crippen LogP contribution in [0.4, 0.5) is 0 Å². The number of hydrogen-bond donors (Lipinski definition) is 1. The molecular formula is C13H26O4. The van der Waals surface area contributed by atoms with Crippen LogP contribution in [0.2, 0.25) is 0 Å². The van der Waals surface area contributed by atoms with Crippen LogP contribution in [-0.4, -0.2) is 35.5 Å². The highest BCUT2D eigenvalue weighted by Crippen LogP contribution is 2.17. The summed E-state index contributed by atoms with van der Waals surface area (Å²) in [7, 11) is 0. The summed E-state index contributed by atoms with van der Waals surface area (Å²) in [6, 6.07) is 0. The molecule has 0 bridgehead atoms. The van der Waals surface area contributed by atoms with Gasteiger partial charge >= 0.3 is 5.97 Å². The number of unbranched alkanes of at least 4 members (excludes halogenated alkanes) is 2. The monoisotopic (exact) mass is 246 g/mol. The van der Waals surface area contributed by atoms with Crippen molar-refractivity contribution < 1.29 is 19.4 Å². The van der Waals surface area contributed by atoms with Crippen LogP contribution < -0.4 is 0 Å². The highest BCUT2D eigenvalue weighted by Gasteiger charge is 2.33. The molecule has 0 aromatic heterocycles. The highest BCUT2D eigenvalue weighted by molar-refractivity contribution is 5.78. The molecule has 0 aromatic rings. The Labute approximate surface area is 104 Å². The Morgan fingerprint density at radius 3 is 2.12 bits per heavy atom. The summed E-state index contributed by atoms with van der Waals surface area (Å²) in [6.07, 6.45) is 2.52. The van der Waals surface area contributed by atoms with E-state index in [1.165, 1.54) is 0 Å². The van der Waals surface area contributed by atoms with Gasteiger partial charge in [-0.1, -0.05) is 0 Å². The summed E-state index contributed by atoms with van der Waals surface area (Å²) in [5.74, 6) is -0.341. The maximum atomic E-state index is 11.8. The van der Waals surface area contributed by atoms with Gasteiger partial charge in [0.25, 0.3) is 0 Å². The fourth-order valence-electron chi connectivity index (χ4n) is 1.18. The zero-order chi connectivity index (χ0) is 13.5. The number of carbonyl (C=O) groups excluding carboxylic acids is 1. The fraction of sp³-hybridized carbons (Fsp3) is 0.923. The summed E-state index contributed by atoms with van der Waals surface area (Å²) < 4.78 is 10.8. The molecule has 0 amide bonds. The van der Waals surface area contributed by atoms with Crippen LogP contribution in [0, 0.1) is 0 Å². The Kier molecular flexibility index (Phi) is 6.72. The van der Waals surface area contributed by atoms with Crippen LogP contribution in [0.25, 0.3) is 0 Å². The third-order valence-electron chi connectivity index (χ3n) is 2.16. The van der Waals surface area contributed by atoms with Crippen LogP contribution >= 0.6 is 0 Å². The Bertz CT molecular complexity index is 228. The van der Waals surface area contributed by atoms with Crippen molar-refractivity contribution in [2.24, 2.45) is 0 Å². The summed E-state index contributed by atoms with van der Waals surface area (Å²) in [5.41, 5.74) is -1.40. The molecule has 4 heteroatoms. The predicted molar refractivity (Wildman–Crippen MR) is 66.8 cm³/mol. The third-order valence-corrected chi connectivity index (χ3v) is 2.16. The first-order chi connectivity index (χ1) is 7.69. The number of aliphatic hydroxyl groups is 1. The number of esters is 1. The van der Waals surface area contributed by atoms with E-state index in [0.717, 1.165) is 19.3 Å². The van der Waals surface area contributed by atoms with Crippen molar-refractivity contribution in [2.45, 2.75) is 65.1 Å². The molecule has 0 unspecified atom stereocenters. The molecule has 0 aromatic carbocycles. The minimum absolute atomic E-state index is 0.204. The lowest BCUT2D eigenvalue weighted by Gasteiger charge is -2.28. The standard InChI is InChI=1S/C13H26O4/c1-12(2,3)17-11(15)13(4,5)16-10-8-6-7-9-14/h14H,6-10H2,1-5H3. The smallest absolute Gasteiger partial charge is 0.338 e. The number of aliphatic hydroxyl groups excluding tert-OH is 1. The zero-order valence-electron chi connectivity index (χ0n) is 11.7. The maximum absolute atomic E-state index is 11.8. The van der Waals surface area contributed by atoms with Crippen molar-refractivity contribution >= 4 is 5.97 Å². The van der Waals surface area contributed by atoms with Crippen LogP contribution in [-0.2, 0) is 14.3 Å². The Morgan fingerprint density at radius 1 is 1.06 bits per heavy atom. The normalized spacial score (nSPS) is 12.6. The molecule has 0 saturated carbocycles. The number of hydrogen-bond acceptors (Lipinski definition) is 4. The van der Waals surface area contributed by atoms with Crippen molar-refractivity contribution in [1.29, 1.82) is 0 Å². The number of ether oxygens (including phenoxy) is 2. The first kappa shape index (κ1) is 16.4. The van der Waals surface area contributed by atoms with E-state index in [2.05, 4.69) is 0 Å². The van der Waals surface area contributed by atoms with Gasteiger partial charge < -0.3 is 14.6 Å². The molecule has 0 rings (SSSR count). The summed E-state index contributed by atoms with van der Waals surface area (Å²) in [4.78, 5) is 11.8. The van der Waals surface area contributed by atoms with Crippen LogP contribution in [0.3, 0.4) is 0 Å². The molecule has 102 valence electrons. The first-order valence-corrected chi connectivity index (χ1v) is 6.17. The van der Waals surface area contributed by atoms with E-state index in [-0.39, 0.29) is 12.6 Å². The SMILES string of the molecule is CC(C)(C)OC(=O)C(C)(C)OCCCCCO. The van der Waals surface area contributed by atoms with Gasteiger partial charge in [-0.3, -0.25) is 0 Å². The topological polar surface area (TPSA) is 55.8 Å². The molecule has 1 N–H and O–H groups in total. The fourth-order valence-corrected chi connectivity index (χ4v) is 1.18. The Hall–Kier alpha value is -0.610. The molecular weight excluding hydrogens is 220 g/mol. The summed E-state index contributed by atoms with van der Waals surface area (Å²) in [6.45, 7) is 9.65. The van der Waals surface area contributed by atoms with Crippen molar-refractivity contribution in [2.75, 3.05) is 13.2 Å². The quantitative estimate of drug-likeness (QED) is 0.553. The molecule has 0 fully saturated rings. The molecule has 0 radical (unpaired) electrons. The molecule has 0 aliphatic rings. The second-order valence-corrected chi connectivity index (χ2v) is 5.64. The van der Waals surface area contributed by atoms with E-state index in [1.54, 1.807) is 13.8 Å². The van der Waals surface area contributed by atoms with Gasteiger partial charge in [0.15, 0.2) is 5.60 Å². The van der Waals surface area contributed by atoms with Gasteiger partial charge in [0, 0.05) is 13.2 Å². The van der Waals surface area contributed by atoms with E-state index in [0.29, 0.717) is 6.61 Å². The van der Waals surface area contributed by atoms with Crippen LogP contribution in [0.1, 0.15) is 53.9 Å². The summed E-state index contributed by atoms with van der Waals surface area (Å²) in [5, 5.41) is 8.63. The van der Waals surface area contributed by atoms with Crippen molar-refractivity contribution in [3.05, 3.63) is 0 Å². The van der Waals surface area contributed by atoms with E-state index in [4.69, 9.17) is 14.6 Å². The van der Waals surface area contributed by atoms with E-state index < -0.39 is 11.2 Å². The summed E-state index contributed by atoms with van der Waals surface area (Å²) >= 11 is 0. The molecule has 0 aliphatic heterocycles. The highest BCUT2D eigenvalue weighted by atomic mass is 16.6. The van der Waals surface area contributed by atoms with Gasteiger partial charge in [-0.15, -0.1) is 0 Å². The maximum Gasteiger partial charge on any atom is 0.338 e. The first-order valence-electron chi connectivity index (χ1n) is 6.17. The van der Waals surface area contributed by atoms with Crippen molar-refractivity contribution in [1.82, 2.24) is 0 Å². The average molecular weight is 246 g/mol. The second kappa shape index (κ2) is 6.97. The van der Waals surface area contributed by atoms with Crippen molar-refractivity contribution in [3.8, 4) is 0 Å². The predicted octanol–water partition coefficient (Wildman–Crippen LogP) is 2.29. The zero-order valence-corrected chi connectivity index (χ0v) is 11.7. The van der Waals surface area contributed by atoms with Gasteiger partial charge in [-0.25, -0.2) is 4.79 Å². The van der Waals surface area contributed by atoms with E-state index >= 15 is 0 Å². The molecule has 0 heterocycles. The Balaban J connectivity index is 3.97. The molecule has 17 heavy (non-hydrogen) atoms. The second-order valence-electron chi connectivity index (χ2n) is 5.64. The largest absolute Gasteiger partial charge is 0.458 e. The van der Waals surface area contributed by atoms with E-state index in [1.807, 2.05) is 20.8 Å².